The number of carbonyl (C=O) groups is 2. The van der Waals surface area contributed by atoms with Crippen molar-refractivity contribution >= 4 is 11.7 Å². The predicted molar refractivity (Wildman–Crippen MR) is 61.0 cm³/mol. The fourth-order valence-electron chi connectivity index (χ4n) is 1.66. The summed E-state index contributed by atoms with van der Waals surface area (Å²) in [5.41, 5.74) is 0.889. The molecule has 2 rings (SSSR count). The minimum atomic E-state index is -0.108. The predicted octanol–water partition coefficient (Wildman–Crippen LogP) is 0.757. The van der Waals surface area contributed by atoms with Crippen LogP contribution >= 0.6 is 0 Å². The number of Topliss-reactive ketones (excluding diaryl/α,β-unsaturated/α-hetero) is 1. The van der Waals surface area contributed by atoms with Crippen LogP contribution in [0.1, 0.15) is 27.8 Å². The molecule has 1 saturated heterocycles. The van der Waals surface area contributed by atoms with Gasteiger partial charge in [0.1, 0.15) is 5.69 Å². The van der Waals surface area contributed by atoms with Crippen LogP contribution in [0.25, 0.3) is 0 Å². The number of ether oxygens (including phenoxy) is 1. The van der Waals surface area contributed by atoms with Gasteiger partial charge in [-0.05, 0) is 19.1 Å². The molecule has 17 heavy (non-hydrogen) atoms. The molecule has 1 amide bonds. The SMILES string of the molecule is CC(=O)c1ccc(C(=O)N2CCOCC2)nc1. The van der Waals surface area contributed by atoms with Crippen molar-refractivity contribution in [3.63, 3.8) is 0 Å². The lowest BCUT2D eigenvalue weighted by molar-refractivity contribution is 0.0299. The number of rotatable bonds is 2. The summed E-state index contributed by atoms with van der Waals surface area (Å²) in [6.45, 7) is 3.79. The van der Waals surface area contributed by atoms with E-state index in [9.17, 15) is 9.59 Å². The highest BCUT2D eigenvalue weighted by molar-refractivity contribution is 5.96. The van der Waals surface area contributed by atoms with E-state index in [1.807, 2.05) is 0 Å². The number of hydrogen-bond donors (Lipinski definition) is 0. The zero-order valence-corrected chi connectivity index (χ0v) is 9.68. The largest absolute Gasteiger partial charge is 0.378 e. The molecule has 90 valence electrons. The van der Waals surface area contributed by atoms with E-state index < -0.39 is 0 Å². The highest BCUT2D eigenvalue weighted by Gasteiger charge is 2.19. The van der Waals surface area contributed by atoms with Crippen molar-refractivity contribution < 1.29 is 14.3 Å². The average molecular weight is 234 g/mol. The smallest absolute Gasteiger partial charge is 0.272 e. The molecular formula is C12H14N2O3. The first-order valence-electron chi connectivity index (χ1n) is 5.52. The second-order valence-electron chi connectivity index (χ2n) is 3.89. The van der Waals surface area contributed by atoms with E-state index in [4.69, 9.17) is 4.74 Å². The quantitative estimate of drug-likeness (QED) is 0.709. The van der Waals surface area contributed by atoms with Gasteiger partial charge in [-0.3, -0.25) is 14.6 Å². The molecular weight excluding hydrogens is 220 g/mol. The Bertz CT molecular complexity index is 422. The molecule has 0 bridgehead atoms. The molecule has 0 saturated carbocycles. The highest BCUT2D eigenvalue weighted by Crippen LogP contribution is 2.06. The molecule has 1 fully saturated rings. The number of hydrogen-bond acceptors (Lipinski definition) is 4. The summed E-state index contributed by atoms with van der Waals surface area (Å²) in [4.78, 5) is 28.8. The maximum Gasteiger partial charge on any atom is 0.272 e. The Morgan fingerprint density at radius 1 is 1.29 bits per heavy atom. The lowest BCUT2D eigenvalue weighted by Crippen LogP contribution is -2.41. The molecule has 0 unspecified atom stereocenters. The first-order chi connectivity index (χ1) is 8.18. The van der Waals surface area contributed by atoms with Gasteiger partial charge in [0.25, 0.3) is 5.91 Å². The van der Waals surface area contributed by atoms with Crippen molar-refractivity contribution in [3.8, 4) is 0 Å². The van der Waals surface area contributed by atoms with Crippen molar-refractivity contribution in [1.29, 1.82) is 0 Å². The van der Waals surface area contributed by atoms with E-state index in [-0.39, 0.29) is 11.7 Å². The molecule has 0 atom stereocenters. The molecule has 2 heterocycles. The van der Waals surface area contributed by atoms with Gasteiger partial charge in [0.05, 0.1) is 13.2 Å². The Balaban J connectivity index is 2.10. The van der Waals surface area contributed by atoms with E-state index in [2.05, 4.69) is 4.98 Å². The third kappa shape index (κ3) is 2.68. The number of nitrogens with zero attached hydrogens (tertiary/aromatic N) is 2. The van der Waals surface area contributed by atoms with Crippen LogP contribution in [-0.2, 0) is 4.74 Å². The van der Waals surface area contributed by atoms with Crippen molar-refractivity contribution in [3.05, 3.63) is 29.6 Å². The van der Waals surface area contributed by atoms with Crippen LogP contribution in [-0.4, -0.2) is 47.9 Å². The number of pyridine rings is 1. The molecule has 0 aromatic carbocycles. The summed E-state index contributed by atoms with van der Waals surface area (Å²) in [6, 6.07) is 3.22. The lowest BCUT2D eigenvalue weighted by atomic mass is 10.2. The minimum absolute atomic E-state index is 0.0529. The molecule has 0 radical (unpaired) electrons. The number of ketones is 1. The van der Waals surface area contributed by atoms with Crippen LogP contribution in [0.2, 0.25) is 0 Å². The zero-order chi connectivity index (χ0) is 12.3. The van der Waals surface area contributed by atoms with Gasteiger partial charge in [0.15, 0.2) is 5.78 Å². The standard InChI is InChI=1S/C12H14N2O3/c1-9(15)10-2-3-11(13-8-10)12(16)14-4-6-17-7-5-14/h2-3,8H,4-7H2,1H3. The summed E-state index contributed by atoms with van der Waals surface area (Å²) in [6.07, 6.45) is 1.44. The minimum Gasteiger partial charge on any atom is -0.378 e. The van der Waals surface area contributed by atoms with Crippen LogP contribution in [0.3, 0.4) is 0 Å². The molecule has 1 aromatic rings. The second kappa shape index (κ2) is 5.05. The van der Waals surface area contributed by atoms with Gasteiger partial charge in [-0.25, -0.2) is 0 Å². The Labute approximate surface area is 99.4 Å². The summed E-state index contributed by atoms with van der Waals surface area (Å²) in [5, 5.41) is 0. The number of amides is 1. The van der Waals surface area contributed by atoms with E-state index in [1.54, 1.807) is 17.0 Å². The molecule has 1 aromatic heterocycles. The third-order valence-electron chi connectivity index (χ3n) is 2.69. The fraction of sp³-hybridized carbons (Fsp3) is 0.417. The Kier molecular flexibility index (Phi) is 3.49. The molecule has 1 aliphatic rings. The Hall–Kier alpha value is -1.75. The second-order valence-corrected chi connectivity index (χ2v) is 3.89. The summed E-state index contributed by atoms with van der Waals surface area (Å²) in [7, 11) is 0. The van der Waals surface area contributed by atoms with Crippen LogP contribution in [0.4, 0.5) is 0 Å². The zero-order valence-electron chi connectivity index (χ0n) is 9.68. The first kappa shape index (κ1) is 11.7. The molecule has 1 aliphatic heterocycles. The molecule has 5 nitrogen and oxygen atoms in total. The van der Waals surface area contributed by atoms with Crippen molar-refractivity contribution in [1.82, 2.24) is 9.88 Å². The Morgan fingerprint density at radius 3 is 2.53 bits per heavy atom. The highest BCUT2D eigenvalue weighted by atomic mass is 16.5. The van der Waals surface area contributed by atoms with Gasteiger partial charge in [0, 0.05) is 24.8 Å². The van der Waals surface area contributed by atoms with Crippen molar-refractivity contribution in [2.45, 2.75) is 6.92 Å². The van der Waals surface area contributed by atoms with Gasteiger partial charge >= 0.3 is 0 Å². The molecule has 0 aliphatic carbocycles. The molecule has 5 heteroatoms. The van der Waals surface area contributed by atoms with Gasteiger partial charge in [-0.2, -0.15) is 0 Å². The fourth-order valence-corrected chi connectivity index (χ4v) is 1.66. The van der Waals surface area contributed by atoms with Crippen LogP contribution in [0, 0.1) is 0 Å². The van der Waals surface area contributed by atoms with Crippen molar-refractivity contribution in [2.24, 2.45) is 0 Å². The van der Waals surface area contributed by atoms with E-state index in [0.717, 1.165) is 0 Å². The summed E-state index contributed by atoms with van der Waals surface area (Å²) >= 11 is 0. The van der Waals surface area contributed by atoms with Crippen molar-refractivity contribution in [2.75, 3.05) is 26.3 Å². The number of aromatic nitrogens is 1. The van der Waals surface area contributed by atoms with Crippen LogP contribution < -0.4 is 0 Å². The number of morpholine rings is 1. The van der Waals surface area contributed by atoms with Gasteiger partial charge in [-0.15, -0.1) is 0 Å². The van der Waals surface area contributed by atoms with Crippen LogP contribution in [0.15, 0.2) is 18.3 Å². The average Bonchev–Trinajstić information content (AvgIpc) is 2.39. The maximum absolute atomic E-state index is 12.0. The lowest BCUT2D eigenvalue weighted by Gasteiger charge is -2.26. The monoisotopic (exact) mass is 234 g/mol. The van der Waals surface area contributed by atoms with E-state index >= 15 is 0 Å². The Morgan fingerprint density at radius 2 is 2.00 bits per heavy atom. The van der Waals surface area contributed by atoms with E-state index in [0.29, 0.717) is 37.6 Å². The number of carbonyl (C=O) groups excluding carboxylic acids is 2. The topological polar surface area (TPSA) is 59.5 Å². The normalized spacial score (nSPS) is 15.7. The van der Waals surface area contributed by atoms with Gasteiger partial charge in [-0.1, -0.05) is 0 Å². The van der Waals surface area contributed by atoms with Gasteiger partial charge < -0.3 is 9.64 Å². The summed E-state index contributed by atoms with van der Waals surface area (Å²) in [5.74, 6) is -0.161. The van der Waals surface area contributed by atoms with Crippen LogP contribution in [0.5, 0.6) is 0 Å². The molecule has 0 spiro atoms. The molecule has 0 N–H and O–H groups in total. The first-order valence-corrected chi connectivity index (χ1v) is 5.52. The van der Waals surface area contributed by atoms with E-state index in [1.165, 1.54) is 13.1 Å². The van der Waals surface area contributed by atoms with Gasteiger partial charge in [0.2, 0.25) is 0 Å². The third-order valence-corrected chi connectivity index (χ3v) is 2.69. The summed E-state index contributed by atoms with van der Waals surface area (Å²) < 4.78 is 5.18. The maximum atomic E-state index is 12.0.